The third-order valence-corrected chi connectivity index (χ3v) is 6.28. The Morgan fingerprint density at radius 3 is 2.59 bits per heavy atom. The molecule has 2 aromatic carbocycles. The van der Waals surface area contributed by atoms with Gasteiger partial charge in [0.2, 0.25) is 5.91 Å². The number of thioether (sulfide) groups is 1. The summed E-state index contributed by atoms with van der Waals surface area (Å²) in [6.45, 7) is 5.93. The quantitative estimate of drug-likeness (QED) is 0.582. The second kappa shape index (κ2) is 9.92. The fourth-order valence-electron chi connectivity index (χ4n) is 3.60. The van der Waals surface area contributed by atoms with Gasteiger partial charge in [-0.15, -0.1) is 11.8 Å². The Kier molecular flexibility index (Phi) is 7.55. The third-order valence-electron chi connectivity index (χ3n) is 4.69. The molecule has 0 aromatic heterocycles. The van der Waals surface area contributed by atoms with Crippen LogP contribution in [0.15, 0.2) is 42.5 Å². The van der Waals surface area contributed by atoms with Crippen molar-refractivity contribution in [1.82, 2.24) is 9.80 Å². The fraction of sp³-hybridized carbons (Fsp3) is 0.409. The highest BCUT2D eigenvalue weighted by molar-refractivity contribution is 7.99. The SMILES string of the molecule is CC(C)CN(CC(=O)N1CCS[C@@H]1c1ccccc1Cl)Cc1cc(F)cc(F)c1. The number of benzene rings is 2. The van der Waals surface area contributed by atoms with E-state index in [-0.39, 0.29) is 17.8 Å². The minimum Gasteiger partial charge on any atom is -0.325 e. The standard InChI is InChI=1S/C22H25ClF2N2OS/c1-15(2)12-26(13-16-9-17(24)11-18(25)10-16)14-21(28)27-7-8-29-22(27)19-5-3-4-6-20(19)23/h3-6,9-11,15,22H,7-8,12-14H2,1-2H3/t22-/m1/s1. The topological polar surface area (TPSA) is 23.6 Å². The summed E-state index contributed by atoms with van der Waals surface area (Å²) in [6.07, 6.45) is 0. The van der Waals surface area contributed by atoms with Crippen LogP contribution < -0.4 is 0 Å². The van der Waals surface area contributed by atoms with E-state index in [1.54, 1.807) is 11.8 Å². The van der Waals surface area contributed by atoms with Crippen molar-refractivity contribution < 1.29 is 13.6 Å². The Hall–Kier alpha value is -1.63. The summed E-state index contributed by atoms with van der Waals surface area (Å²) in [7, 11) is 0. The van der Waals surface area contributed by atoms with E-state index >= 15 is 0 Å². The monoisotopic (exact) mass is 438 g/mol. The highest BCUT2D eigenvalue weighted by Crippen LogP contribution is 2.40. The van der Waals surface area contributed by atoms with Crippen LogP contribution in [0.1, 0.15) is 30.3 Å². The molecule has 0 bridgehead atoms. The van der Waals surface area contributed by atoms with Crippen LogP contribution in [0.25, 0.3) is 0 Å². The molecule has 156 valence electrons. The molecule has 2 aromatic rings. The lowest BCUT2D eigenvalue weighted by Crippen LogP contribution is -2.41. The second-order valence-corrected chi connectivity index (χ2v) is 9.27. The molecular formula is C22H25ClF2N2OS. The molecule has 7 heteroatoms. The van der Waals surface area contributed by atoms with Gasteiger partial charge in [0.15, 0.2) is 0 Å². The number of carbonyl (C=O) groups excluding carboxylic acids is 1. The summed E-state index contributed by atoms with van der Waals surface area (Å²) in [5.41, 5.74) is 1.46. The highest BCUT2D eigenvalue weighted by Gasteiger charge is 2.32. The molecule has 3 nitrogen and oxygen atoms in total. The molecule has 3 rings (SSSR count). The van der Waals surface area contributed by atoms with Gasteiger partial charge >= 0.3 is 0 Å². The van der Waals surface area contributed by atoms with E-state index < -0.39 is 11.6 Å². The van der Waals surface area contributed by atoms with E-state index in [1.165, 1.54) is 12.1 Å². The van der Waals surface area contributed by atoms with Crippen molar-refractivity contribution in [1.29, 1.82) is 0 Å². The Morgan fingerprint density at radius 2 is 1.93 bits per heavy atom. The van der Waals surface area contributed by atoms with Crippen LogP contribution in [0.5, 0.6) is 0 Å². The maximum Gasteiger partial charge on any atom is 0.237 e. The first-order chi connectivity index (χ1) is 13.8. The van der Waals surface area contributed by atoms with Crippen molar-refractivity contribution >= 4 is 29.3 Å². The van der Waals surface area contributed by atoms with Gasteiger partial charge < -0.3 is 4.90 Å². The molecule has 1 aliphatic heterocycles. The summed E-state index contributed by atoms with van der Waals surface area (Å²) in [4.78, 5) is 16.9. The predicted octanol–water partition coefficient (Wildman–Crippen LogP) is 5.35. The number of nitrogens with zero attached hydrogens (tertiary/aromatic N) is 2. The van der Waals surface area contributed by atoms with Gasteiger partial charge in [0.1, 0.15) is 17.0 Å². The molecule has 0 spiro atoms. The zero-order valence-corrected chi connectivity index (χ0v) is 18.1. The van der Waals surface area contributed by atoms with E-state index in [4.69, 9.17) is 11.6 Å². The molecule has 0 aliphatic carbocycles. The second-order valence-electron chi connectivity index (χ2n) is 7.67. The van der Waals surface area contributed by atoms with Crippen LogP contribution in [-0.2, 0) is 11.3 Å². The van der Waals surface area contributed by atoms with Gasteiger partial charge in [-0.3, -0.25) is 9.69 Å². The van der Waals surface area contributed by atoms with Gasteiger partial charge in [-0.2, -0.15) is 0 Å². The minimum absolute atomic E-state index is 0.00237. The van der Waals surface area contributed by atoms with E-state index in [0.717, 1.165) is 17.4 Å². The normalized spacial score (nSPS) is 16.8. The minimum atomic E-state index is -0.606. The Morgan fingerprint density at radius 1 is 1.24 bits per heavy atom. The maximum absolute atomic E-state index is 13.6. The number of carbonyl (C=O) groups is 1. The van der Waals surface area contributed by atoms with Gasteiger partial charge in [-0.05, 0) is 29.7 Å². The Balaban J connectivity index is 1.74. The van der Waals surface area contributed by atoms with Gasteiger partial charge in [-0.1, -0.05) is 43.6 Å². The highest BCUT2D eigenvalue weighted by atomic mass is 35.5. The van der Waals surface area contributed by atoms with Crippen molar-refractivity contribution in [2.45, 2.75) is 25.8 Å². The lowest BCUT2D eigenvalue weighted by Gasteiger charge is -2.29. The summed E-state index contributed by atoms with van der Waals surface area (Å²) < 4.78 is 27.2. The molecular weight excluding hydrogens is 414 g/mol. The first kappa shape index (κ1) is 22.1. The zero-order chi connectivity index (χ0) is 21.0. The van der Waals surface area contributed by atoms with Crippen LogP contribution in [0.2, 0.25) is 5.02 Å². The van der Waals surface area contributed by atoms with Crippen molar-refractivity contribution in [2.24, 2.45) is 5.92 Å². The summed E-state index contributed by atoms with van der Waals surface area (Å²) in [5.74, 6) is -0.0527. The summed E-state index contributed by atoms with van der Waals surface area (Å²) in [5, 5.41) is 0.544. The molecule has 1 saturated heterocycles. The molecule has 0 saturated carbocycles. The van der Waals surface area contributed by atoms with E-state index in [0.29, 0.717) is 36.1 Å². The first-order valence-electron chi connectivity index (χ1n) is 9.66. The zero-order valence-electron chi connectivity index (χ0n) is 16.6. The van der Waals surface area contributed by atoms with Crippen LogP contribution >= 0.6 is 23.4 Å². The molecule has 29 heavy (non-hydrogen) atoms. The molecule has 0 unspecified atom stereocenters. The number of amides is 1. The van der Waals surface area contributed by atoms with Crippen molar-refractivity contribution in [3.05, 3.63) is 70.2 Å². The Bertz CT molecular complexity index is 844. The number of rotatable bonds is 7. The van der Waals surface area contributed by atoms with Crippen molar-refractivity contribution in [3.63, 3.8) is 0 Å². The molecule has 0 N–H and O–H groups in total. The molecule has 1 heterocycles. The van der Waals surface area contributed by atoms with Crippen molar-refractivity contribution in [2.75, 3.05) is 25.4 Å². The summed E-state index contributed by atoms with van der Waals surface area (Å²) in [6, 6.07) is 11.1. The molecule has 1 fully saturated rings. The molecule has 1 amide bonds. The van der Waals surface area contributed by atoms with Gasteiger partial charge in [-0.25, -0.2) is 8.78 Å². The largest absolute Gasteiger partial charge is 0.325 e. The average molecular weight is 439 g/mol. The van der Waals surface area contributed by atoms with Crippen molar-refractivity contribution in [3.8, 4) is 0 Å². The predicted molar refractivity (Wildman–Crippen MR) is 115 cm³/mol. The molecule has 0 radical (unpaired) electrons. The summed E-state index contributed by atoms with van der Waals surface area (Å²) >= 11 is 8.05. The number of hydrogen-bond acceptors (Lipinski definition) is 3. The van der Waals surface area contributed by atoms with Gasteiger partial charge in [0.25, 0.3) is 0 Å². The van der Waals surface area contributed by atoms with E-state index in [9.17, 15) is 13.6 Å². The molecule has 1 atom stereocenters. The Labute approximate surface area is 180 Å². The van der Waals surface area contributed by atoms with Gasteiger partial charge in [0, 0.05) is 42.0 Å². The number of hydrogen-bond donors (Lipinski definition) is 0. The van der Waals surface area contributed by atoms with Crippen LogP contribution in [0, 0.1) is 17.6 Å². The third kappa shape index (κ3) is 5.93. The lowest BCUT2D eigenvalue weighted by atomic mass is 10.1. The lowest BCUT2D eigenvalue weighted by molar-refractivity contribution is -0.132. The first-order valence-corrected chi connectivity index (χ1v) is 11.1. The number of halogens is 3. The molecule has 1 aliphatic rings. The van der Waals surface area contributed by atoms with Gasteiger partial charge in [0.05, 0.1) is 6.54 Å². The van der Waals surface area contributed by atoms with Crippen LogP contribution in [0.3, 0.4) is 0 Å². The fourth-order valence-corrected chi connectivity index (χ4v) is 5.22. The van der Waals surface area contributed by atoms with E-state index in [1.807, 2.05) is 34.1 Å². The van der Waals surface area contributed by atoms with Crippen LogP contribution in [0.4, 0.5) is 8.78 Å². The van der Waals surface area contributed by atoms with E-state index in [2.05, 4.69) is 13.8 Å². The maximum atomic E-state index is 13.6. The van der Waals surface area contributed by atoms with Crippen LogP contribution in [-0.4, -0.2) is 41.1 Å². The smallest absolute Gasteiger partial charge is 0.237 e. The average Bonchev–Trinajstić information content (AvgIpc) is 3.10.